The molecule has 0 aliphatic carbocycles. The number of likely N-dealkylation sites (tertiary alicyclic amines) is 1. The zero-order chi connectivity index (χ0) is 24.2. The third kappa shape index (κ3) is 4.98. The van der Waals surface area contributed by atoms with E-state index in [4.69, 9.17) is 20.3 Å². The van der Waals surface area contributed by atoms with E-state index in [0.717, 1.165) is 6.07 Å². The van der Waals surface area contributed by atoms with Crippen LogP contribution in [0.2, 0.25) is 0 Å². The largest absolute Gasteiger partial charge is 0.496 e. The summed E-state index contributed by atoms with van der Waals surface area (Å²) >= 11 is 0. The second-order valence-corrected chi connectivity index (χ2v) is 7.57. The molecule has 4 rings (SSSR count). The summed E-state index contributed by atoms with van der Waals surface area (Å²) in [7, 11) is 1.38. The fourth-order valence-corrected chi connectivity index (χ4v) is 3.57. The number of carboxylic acid groups (broad SMARTS) is 1. The van der Waals surface area contributed by atoms with Gasteiger partial charge in [0.2, 0.25) is 11.7 Å². The lowest BCUT2D eigenvalue weighted by atomic mass is 10.0. The fraction of sp³-hybridized carbons (Fsp3) is 0.217. The number of amides is 1. The van der Waals surface area contributed by atoms with Crippen molar-refractivity contribution in [3.05, 3.63) is 65.6 Å². The number of rotatable bonds is 7. The number of nitrogens with two attached hydrogens (primary N) is 1. The normalized spacial score (nSPS) is 15.1. The highest BCUT2D eigenvalue weighted by atomic mass is 19.1. The molecule has 0 radical (unpaired) electrons. The Hall–Kier alpha value is -4.41. The molecule has 4 N–H and O–H groups in total. The van der Waals surface area contributed by atoms with Gasteiger partial charge in [0.25, 0.3) is 0 Å². The second-order valence-electron chi connectivity index (χ2n) is 7.57. The molecular formula is C23H22FN5O5. The minimum Gasteiger partial charge on any atom is -0.496 e. The zero-order valence-electron chi connectivity index (χ0n) is 18.2. The van der Waals surface area contributed by atoms with E-state index in [1.54, 1.807) is 24.3 Å². The first-order valence-corrected chi connectivity index (χ1v) is 10.4. The highest BCUT2D eigenvalue weighted by molar-refractivity contribution is 6.13. The number of methoxy groups -OCH3 is 1. The first kappa shape index (κ1) is 22.8. The molecule has 1 fully saturated rings. The summed E-state index contributed by atoms with van der Waals surface area (Å²) in [5, 5.41) is 12.0. The van der Waals surface area contributed by atoms with Gasteiger partial charge in [-0.25, -0.2) is 14.2 Å². The smallest absolute Gasteiger partial charge is 0.407 e. The number of nitrogens with one attached hydrogen (secondary N) is 1. The Kier molecular flexibility index (Phi) is 6.44. The number of nitrogen functional groups attached to an aromatic ring is 1. The summed E-state index contributed by atoms with van der Waals surface area (Å²) in [6, 6.07) is 10.6. The number of hydrogen-bond donors (Lipinski definition) is 3. The van der Waals surface area contributed by atoms with Crippen LogP contribution in [0, 0.1) is 5.82 Å². The van der Waals surface area contributed by atoms with Crippen molar-refractivity contribution in [3.8, 4) is 11.5 Å². The molecule has 10 nitrogen and oxygen atoms in total. The molecule has 1 aliphatic rings. The maximum atomic E-state index is 13.6. The lowest BCUT2D eigenvalue weighted by Gasteiger charge is -2.15. The Bertz CT molecular complexity index is 1220. The number of carbonyl (C=O) groups is 2. The number of benzene rings is 2. The van der Waals surface area contributed by atoms with Crippen LogP contribution in [0.15, 0.2) is 48.7 Å². The quantitative estimate of drug-likeness (QED) is 0.446. The number of anilines is 3. The van der Waals surface area contributed by atoms with E-state index < -0.39 is 17.7 Å². The van der Waals surface area contributed by atoms with Crippen LogP contribution in [0.1, 0.15) is 22.3 Å². The molecule has 0 saturated carbocycles. The molecule has 1 amide bonds. The van der Waals surface area contributed by atoms with Gasteiger partial charge in [0.05, 0.1) is 24.8 Å². The van der Waals surface area contributed by atoms with Crippen molar-refractivity contribution < 1.29 is 28.6 Å². The SMILES string of the molecule is COc1ccc(F)cc1C(=O)c1cnc(Nc2ccc(OC3CCN(C(=O)O)C3)cc2)nc1N. The number of ketones is 1. The predicted molar refractivity (Wildman–Crippen MR) is 121 cm³/mol. The summed E-state index contributed by atoms with van der Waals surface area (Å²) in [6.07, 6.45) is 0.752. The number of ether oxygens (including phenoxy) is 2. The number of aromatic nitrogens is 2. The van der Waals surface area contributed by atoms with E-state index in [1.165, 1.54) is 30.3 Å². The molecule has 2 heterocycles. The molecule has 11 heteroatoms. The number of nitrogens with zero attached hydrogens (tertiary/aromatic N) is 3. The third-order valence-corrected chi connectivity index (χ3v) is 5.30. The molecule has 34 heavy (non-hydrogen) atoms. The number of hydrogen-bond acceptors (Lipinski definition) is 8. The maximum Gasteiger partial charge on any atom is 0.407 e. The predicted octanol–water partition coefficient (Wildman–Crippen LogP) is 3.31. The summed E-state index contributed by atoms with van der Waals surface area (Å²) in [4.78, 5) is 33.4. The number of carbonyl (C=O) groups excluding carboxylic acids is 1. The van der Waals surface area contributed by atoms with Crippen LogP contribution in [0.5, 0.6) is 11.5 Å². The fourth-order valence-electron chi connectivity index (χ4n) is 3.57. The third-order valence-electron chi connectivity index (χ3n) is 5.30. The van der Waals surface area contributed by atoms with Gasteiger partial charge in [-0.05, 0) is 42.5 Å². The van der Waals surface area contributed by atoms with Crippen molar-refractivity contribution in [1.82, 2.24) is 14.9 Å². The van der Waals surface area contributed by atoms with Gasteiger partial charge < -0.3 is 30.5 Å². The first-order valence-electron chi connectivity index (χ1n) is 10.4. The molecule has 2 aromatic carbocycles. The van der Waals surface area contributed by atoms with Gasteiger partial charge in [-0.15, -0.1) is 0 Å². The Balaban J connectivity index is 1.42. The molecule has 0 spiro atoms. The standard InChI is InChI=1S/C23H22FN5O5/c1-33-19-7-2-13(24)10-17(19)20(30)18-11-26-22(28-21(18)25)27-14-3-5-15(6-4-14)34-16-8-9-29(12-16)23(31)32/h2-7,10-11,16H,8-9,12H2,1H3,(H,31,32)(H3,25,26,27,28). The first-order chi connectivity index (χ1) is 16.3. The molecule has 1 atom stereocenters. The van der Waals surface area contributed by atoms with Crippen molar-refractivity contribution in [1.29, 1.82) is 0 Å². The Morgan fingerprint density at radius 3 is 2.62 bits per heavy atom. The summed E-state index contributed by atoms with van der Waals surface area (Å²) in [5.74, 6) is -0.228. The summed E-state index contributed by atoms with van der Waals surface area (Å²) < 4.78 is 24.6. The molecule has 176 valence electrons. The topological polar surface area (TPSA) is 140 Å². The highest BCUT2D eigenvalue weighted by Crippen LogP contribution is 2.26. The van der Waals surface area contributed by atoms with Gasteiger partial charge in [-0.1, -0.05) is 0 Å². The van der Waals surface area contributed by atoms with Gasteiger partial charge in [0, 0.05) is 24.8 Å². The van der Waals surface area contributed by atoms with E-state index in [-0.39, 0.29) is 34.7 Å². The van der Waals surface area contributed by atoms with E-state index in [1.807, 2.05) is 0 Å². The monoisotopic (exact) mass is 467 g/mol. The van der Waals surface area contributed by atoms with Gasteiger partial charge in [0.15, 0.2) is 0 Å². The van der Waals surface area contributed by atoms with Crippen molar-refractivity contribution >= 4 is 29.3 Å². The molecule has 1 unspecified atom stereocenters. The van der Waals surface area contributed by atoms with Gasteiger partial charge in [0.1, 0.15) is 29.2 Å². The van der Waals surface area contributed by atoms with E-state index in [2.05, 4.69) is 15.3 Å². The van der Waals surface area contributed by atoms with E-state index in [9.17, 15) is 14.0 Å². The second kappa shape index (κ2) is 9.61. The van der Waals surface area contributed by atoms with Gasteiger partial charge in [-0.2, -0.15) is 4.98 Å². The van der Waals surface area contributed by atoms with Crippen molar-refractivity contribution in [2.24, 2.45) is 0 Å². The zero-order valence-corrected chi connectivity index (χ0v) is 18.2. The summed E-state index contributed by atoms with van der Waals surface area (Å²) in [6.45, 7) is 0.776. The Morgan fingerprint density at radius 2 is 1.97 bits per heavy atom. The van der Waals surface area contributed by atoms with Crippen LogP contribution in [0.4, 0.5) is 26.6 Å². The van der Waals surface area contributed by atoms with Crippen LogP contribution in [0.3, 0.4) is 0 Å². The molecule has 1 aliphatic heterocycles. The van der Waals surface area contributed by atoms with Crippen molar-refractivity contribution in [2.45, 2.75) is 12.5 Å². The van der Waals surface area contributed by atoms with Crippen LogP contribution >= 0.6 is 0 Å². The Morgan fingerprint density at radius 1 is 1.21 bits per heavy atom. The van der Waals surface area contributed by atoms with Gasteiger partial charge in [-0.3, -0.25) is 4.79 Å². The Labute approximate surface area is 194 Å². The maximum absolute atomic E-state index is 13.6. The molecular weight excluding hydrogens is 445 g/mol. The van der Waals surface area contributed by atoms with Crippen LogP contribution in [-0.2, 0) is 0 Å². The van der Waals surface area contributed by atoms with E-state index >= 15 is 0 Å². The van der Waals surface area contributed by atoms with Crippen molar-refractivity contribution in [2.75, 3.05) is 31.2 Å². The lowest BCUT2D eigenvalue weighted by Crippen LogP contribution is -2.29. The average Bonchev–Trinajstić information content (AvgIpc) is 3.29. The molecule has 1 aromatic heterocycles. The lowest BCUT2D eigenvalue weighted by molar-refractivity contribution is 0.103. The van der Waals surface area contributed by atoms with Crippen LogP contribution in [-0.4, -0.2) is 58.2 Å². The molecule has 1 saturated heterocycles. The average molecular weight is 467 g/mol. The minimum absolute atomic E-state index is 0.0165. The molecule has 3 aromatic rings. The molecule has 0 bridgehead atoms. The minimum atomic E-state index is -0.951. The van der Waals surface area contributed by atoms with E-state index in [0.29, 0.717) is 30.9 Å². The van der Waals surface area contributed by atoms with Crippen LogP contribution < -0.4 is 20.5 Å². The number of halogens is 1. The van der Waals surface area contributed by atoms with Gasteiger partial charge >= 0.3 is 6.09 Å². The van der Waals surface area contributed by atoms with Crippen LogP contribution in [0.25, 0.3) is 0 Å². The van der Waals surface area contributed by atoms with Crippen molar-refractivity contribution in [3.63, 3.8) is 0 Å². The highest BCUT2D eigenvalue weighted by Gasteiger charge is 2.27. The summed E-state index contributed by atoms with van der Waals surface area (Å²) in [5.41, 5.74) is 6.66.